The molecule has 0 bridgehead atoms. The van der Waals surface area contributed by atoms with E-state index in [1.54, 1.807) is 23.1 Å². The zero-order valence-corrected chi connectivity index (χ0v) is 21.4. The number of carbonyl (C=O) groups is 2. The number of ether oxygens (including phenoxy) is 1. The second-order valence-corrected chi connectivity index (χ2v) is 9.50. The van der Waals surface area contributed by atoms with Gasteiger partial charge >= 0.3 is 0 Å². The third-order valence-electron chi connectivity index (χ3n) is 6.85. The number of aromatic amines is 1. The van der Waals surface area contributed by atoms with Crippen LogP contribution in [0.2, 0.25) is 0 Å². The predicted octanol–water partition coefficient (Wildman–Crippen LogP) is 5.88. The van der Waals surface area contributed by atoms with Crippen molar-refractivity contribution in [1.82, 2.24) is 15.2 Å². The van der Waals surface area contributed by atoms with Crippen molar-refractivity contribution in [1.29, 1.82) is 0 Å². The third kappa shape index (κ3) is 7.07. The van der Waals surface area contributed by atoms with E-state index >= 15 is 0 Å². The number of hydrogen-bond donors (Lipinski definition) is 2. The lowest BCUT2D eigenvalue weighted by molar-refractivity contribution is -0.127. The van der Waals surface area contributed by atoms with Crippen molar-refractivity contribution >= 4 is 11.8 Å². The lowest BCUT2D eigenvalue weighted by Gasteiger charge is -2.33. The first-order valence-corrected chi connectivity index (χ1v) is 13.3. The van der Waals surface area contributed by atoms with Crippen molar-refractivity contribution in [2.24, 2.45) is 0 Å². The van der Waals surface area contributed by atoms with Crippen molar-refractivity contribution in [3.05, 3.63) is 83.8 Å². The highest BCUT2D eigenvalue weighted by atomic mass is 19.1. The molecule has 1 unspecified atom stereocenters. The number of halogens is 1. The minimum atomic E-state index is -0.889. The molecule has 6 nitrogen and oxygen atoms in total. The summed E-state index contributed by atoms with van der Waals surface area (Å²) in [6, 6.07) is 18.4. The monoisotopic (exact) mass is 505 g/mol. The molecule has 1 saturated carbocycles. The van der Waals surface area contributed by atoms with Gasteiger partial charge in [-0.15, -0.1) is 0 Å². The standard InChI is InChI=1S/C30H36FN3O3/c1-2-37-21-9-20-34(30(36)27-19-18-26(33-27)22-10-5-3-6-11-22)28(23-14-16-24(31)17-15-23)29(35)32-25-12-7-4-8-13-25/h3,5-6,10-11,14-19,25,28,33H,2,4,7-9,12-13,20-21H2,1H3,(H,32,35). The van der Waals surface area contributed by atoms with Crippen LogP contribution in [0.25, 0.3) is 11.3 Å². The van der Waals surface area contributed by atoms with Gasteiger partial charge in [0.25, 0.3) is 5.91 Å². The molecular formula is C30H36FN3O3. The van der Waals surface area contributed by atoms with Crippen LogP contribution in [0.1, 0.15) is 67.5 Å². The third-order valence-corrected chi connectivity index (χ3v) is 6.85. The maximum Gasteiger partial charge on any atom is 0.271 e. The summed E-state index contributed by atoms with van der Waals surface area (Å²) in [5, 5.41) is 3.18. The first-order chi connectivity index (χ1) is 18.1. The zero-order valence-electron chi connectivity index (χ0n) is 21.4. The van der Waals surface area contributed by atoms with E-state index in [-0.39, 0.29) is 23.7 Å². The van der Waals surface area contributed by atoms with E-state index in [1.807, 2.05) is 43.3 Å². The summed E-state index contributed by atoms with van der Waals surface area (Å²) in [6.45, 7) is 3.29. The van der Waals surface area contributed by atoms with Crippen LogP contribution in [-0.2, 0) is 9.53 Å². The molecule has 1 fully saturated rings. The molecule has 1 aromatic heterocycles. The van der Waals surface area contributed by atoms with E-state index in [0.717, 1.165) is 36.9 Å². The van der Waals surface area contributed by atoms with Crippen LogP contribution in [0.5, 0.6) is 0 Å². The Labute approximate surface area is 218 Å². The van der Waals surface area contributed by atoms with Crippen LogP contribution in [-0.4, -0.2) is 47.5 Å². The topological polar surface area (TPSA) is 74.4 Å². The van der Waals surface area contributed by atoms with Crippen molar-refractivity contribution in [3.63, 3.8) is 0 Å². The smallest absolute Gasteiger partial charge is 0.271 e. The fourth-order valence-electron chi connectivity index (χ4n) is 4.93. The van der Waals surface area contributed by atoms with Gasteiger partial charge in [-0.3, -0.25) is 9.59 Å². The molecule has 7 heteroatoms. The van der Waals surface area contributed by atoms with Gasteiger partial charge in [0.05, 0.1) is 0 Å². The normalized spacial score (nSPS) is 14.8. The minimum Gasteiger partial charge on any atom is -0.382 e. The largest absolute Gasteiger partial charge is 0.382 e. The van der Waals surface area contributed by atoms with E-state index in [2.05, 4.69) is 10.3 Å². The van der Waals surface area contributed by atoms with E-state index in [1.165, 1.54) is 18.6 Å². The number of nitrogens with one attached hydrogen (secondary N) is 2. The van der Waals surface area contributed by atoms with Gasteiger partial charge in [0, 0.05) is 31.5 Å². The molecule has 2 amide bonds. The van der Waals surface area contributed by atoms with Gasteiger partial charge in [-0.2, -0.15) is 0 Å². The molecule has 0 spiro atoms. The fraction of sp³-hybridized carbons (Fsp3) is 0.400. The number of H-pyrrole nitrogens is 1. The Morgan fingerprint density at radius 1 is 1.03 bits per heavy atom. The number of amides is 2. The molecule has 1 aliphatic carbocycles. The van der Waals surface area contributed by atoms with Gasteiger partial charge in [0.1, 0.15) is 17.6 Å². The molecule has 0 aliphatic heterocycles. The molecule has 2 aromatic carbocycles. The number of hydrogen-bond acceptors (Lipinski definition) is 3. The minimum absolute atomic E-state index is 0.0831. The van der Waals surface area contributed by atoms with Crippen molar-refractivity contribution in [2.45, 2.75) is 57.5 Å². The molecule has 1 aliphatic rings. The SMILES string of the molecule is CCOCCCN(C(=O)c1ccc(-c2ccccc2)[nH]1)C(C(=O)NC1CCCCC1)c1ccc(F)cc1. The summed E-state index contributed by atoms with van der Waals surface area (Å²) in [6.07, 6.45) is 5.75. The molecule has 4 rings (SSSR count). The highest BCUT2D eigenvalue weighted by Gasteiger charge is 2.33. The first kappa shape index (κ1) is 26.6. The Hall–Kier alpha value is -3.45. The van der Waals surface area contributed by atoms with Gasteiger partial charge in [-0.05, 0) is 61.6 Å². The van der Waals surface area contributed by atoms with Crippen molar-refractivity contribution in [2.75, 3.05) is 19.8 Å². The maximum atomic E-state index is 13.9. The second-order valence-electron chi connectivity index (χ2n) is 9.50. The zero-order chi connectivity index (χ0) is 26.0. The van der Waals surface area contributed by atoms with Crippen LogP contribution >= 0.6 is 0 Å². The Balaban J connectivity index is 1.65. The van der Waals surface area contributed by atoms with Crippen molar-refractivity contribution in [3.8, 4) is 11.3 Å². The molecule has 2 N–H and O–H groups in total. The summed E-state index contributed by atoms with van der Waals surface area (Å²) in [5.41, 5.74) is 2.76. The van der Waals surface area contributed by atoms with Crippen LogP contribution in [0.15, 0.2) is 66.7 Å². The van der Waals surface area contributed by atoms with Crippen LogP contribution < -0.4 is 5.32 Å². The number of rotatable bonds is 11. The number of nitrogens with zero attached hydrogens (tertiary/aromatic N) is 1. The summed E-state index contributed by atoms with van der Waals surface area (Å²) in [5.74, 6) is -0.911. The summed E-state index contributed by atoms with van der Waals surface area (Å²) >= 11 is 0. The quantitative estimate of drug-likeness (QED) is 0.320. The van der Waals surface area contributed by atoms with Gasteiger partial charge in [-0.1, -0.05) is 61.7 Å². The Morgan fingerprint density at radius 2 is 1.76 bits per heavy atom. The molecule has 0 radical (unpaired) electrons. The molecule has 37 heavy (non-hydrogen) atoms. The molecule has 196 valence electrons. The van der Waals surface area contributed by atoms with Gasteiger partial charge in [0.2, 0.25) is 5.91 Å². The van der Waals surface area contributed by atoms with E-state index < -0.39 is 6.04 Å². The maximum absolute atomic E-state index is 13.9. The lowest BCUT2D eigenvalue weighted by Crippen LogP contribution is -2.47. The van der Waals surface area contributed by atoms with Crippen LogP contribution in [0.3, 0.4) is 0 Å². The summed E-state index contributed by atoms with van der Waals surface area (Å²) in [4.78, 5) is 32.5. The van der Waals surface area contributed by atoms with E-state index in [0.29, 0.717) is 37.4 Å². The second kappa shape index (κ2) is 13.2. The number of aromatic nitrogens is 1. The Kier molecular flexibility index (Phi) is 9.49. The van der Waals surface area contributed by atoms with Crippen molar-refractivity contribution < 1.29 is 18.7 Å². The Morgan fingerprint density at radius 3 is 2.46 bits per heavy atom. The van der Waals surface area contributed by atoms with Crippen LogP contribution in [0.4, 0.5) is 4.39 Å². The first-order valence-electron chi connectivity index (χ1n) is 13.3. The molecule has 0 saturated heterocycles. The summed E-state index contributed by atoms with van der Waals surface area (Å²) in [7, 11) is 0. The highest BCUT2D eigenvalue weighted by Crippen LogP contribution is 2.27. The number of carbonyl (C=O) groups excluding carboxylic acids is 2. The van der Waals surface area contributed by atoms with Gasteiger partial charge in [-0.25, -0.2) is 4.39 Å². The molecule has 1 heterocycles. The van der Waals surface area contributed by atoms with Gasteiger partial charge in [0.15, 0.2) is 0 Å². The van der Waals surface area contributed by atoms with Crippen LogP contribution in [0, 0.1) is 5.82 Å². The average Bonchev–Trinajstić information content (AvgIpc) is 3.42. The fourth-order valence-corrected chi connectivity index (χ4v) is 4.93. The predicted molar refractivity (Wildman–Crippen MR) is 143 cm³/mol. The molecule has 3 aromatic rings. The Bertz CT molecular complexity index is 1140. The van der Waals surface area contributed by atoms with E-state index in [9.17, 15) is 14.0 Å². The highest BCUT2D eigenvalue weighted by molar-refractivity contribution is 5.97. The van der Waals surface area contributed by atoms with Gasteiger partial charge < -0.3 is 19.9 Å². The average molecular weight is 506 g/mol. The molecular weight excluding hydrogens is 469 g/mol. The number of benzene rings is 2. The summed E-state index contributed by atoms with van der Waals surface area (Å²) < 4.78 is 19.3. The van der Waals surface area contributed by atoms with E-state index in [4.69, 9.17) is 4.74 Å². The molecule has 1 atom stereocenters. The lowest BCUT2D eigenvalue weighted by atomic mass is 9.94.